The molecule has 0 aliphatic carbocycles. The molecule has 82 heavy (non-hydrogen) atoms. The van der Waals surface area contributed by atoms with Gasteiger partial charge in [-0.25, -0.2) is 0 Å². The average Bonchev–Trinajstić information content (AvgIpc) is 3.86. The number of halogens is 1. The van der Waals surface area contributed by atoms with Crippen LogP contribution in [0.3, 0.4) is 0 Å². The first-order valence-corrected chi connectivity index (χ1v) is 28.1. The van der Waals surface area contributed by atoms with E-state index in [9.17, 15) is 10.5 Å². The highest BCUT2D eigenvalue weighted by Crippen LogP contribution is 2.45. The zero-order chi connectivity index (χ0) is 54.6. The molecule has 0 bridgehead atoms. The van der Waals surface area contributed by atoms with Gasteiger partial charge in [-0.15, -0.1) is 0 Å². The summed E-state index contributed by atoms with van der Waals surface area (Å²) < 4.78 is 12.9. The van der Waals surface area contributed by atoms with E-state index in [0.717, 1.165) is 60.1 Å². The zero-order valence-corrected chi connectivity index (χ0v) is 45.5. The lowest BCUT2D eigenvalue weighted by Crippen LogP contribution is -1.99. The summed E-state index contributed by atoms with van der Waals surface area (Å²) in [5.41, 5.74) is 18.2. The standard InChI is InChI=1S/C44H25N5.C30H19BrN2/c45-26-28-17-20-40-36(23-28)37-24-29(27-46)18-21-41(37)47(40)31-11-8-12-32(25-31)48-39-16-7-5-14-35(39)43-42(48)22-19-34-33-13-4-6-15-38(33)49(44(34)43)30-9-2-1-3-10-30;31-20-9-8-12-22(19-20)32-27-16-7-5-14-25(27)29-28(32)18-17-24-23-13-4-6-15-26(23)33(30(24)29)21-10-2-1-3-11-21/h1-25H;1-19H. The van der Waals surface area contributed by atoms with Crippen molar-refractivity contribution in [3.63, 3.8) is 0 Å². The molecule has 5 heterocycles. The number of rotatable bonds is 5. The number of fused-ring (bicyclic) bond motifs is 17. The van der Waals surface area contributed by atoms with Gasteiger partial charge in [0.05, 0.1) is 78.4 Å². The highest BCUT2D eigenvalue weighted by Gasteiger charge is 2.23. The van der Waals surface area contributed by atoms with Crippen LogP contribution in [0.4, 0.5) is 0 Å². The third-order valence-electron chi connectivity index (χ3n) is 16.4. The van der Waals surface area contributed by atoms with Crippen LogP contribution in [0.1, 0.15) is 11.1 Å². The summed E-state index contributed by atoms with van der Waals surface area (Å²) in [6, 6.07) is 98.5. The molecule has 0 saturated heterocycles. The van der Waals surface area contributed by atoms with E-state index < -0.39 is 0 Å². The molecule has 0 saturated carbocycles. The summed E-state index contributed by atoms with van der Waals surface area (Å²) in [6.45, 7) is 0. The Bertz CT molecular complexity index is 5490. The van der Waals surface area contributed by atoms with Crippen LogP contribution >= 0.6 is 15.9 Å². The lowest BCUT2D eigenvalue weighted by atomic mass is 10.1. The van der Waals surface area contributed by atoms with Crippen molar-refractivity contribution in [2.75, 3.05) is 0 Å². The molecule has 5 aromatic heterocycles. The van der Waals surface area contributed by atoms with E-state index in [-0.39, 0.29) is 0 Å². The monoisotopic (exact) mass is 1110 g/mol. The first-order valence-electron chi connectivity index (χ1n) is 27.3. The molecule has 0 atom stereocenters. The highest BCUT2D eigenvalue weighted by atomic mass is 79.9. The van der Waals surface area contributed by atoms with Crippen molar-refractivity contribution in [3.8, 4) is 40.6 Å². The minimum absolute atomic E-state index is 0.590. The number of aromatic nitrogens is 5. The lowest BCUT2D eigenvalue weighted by Gasteiger charge is -2.13. The molecule has 0 fully saturated rings. The van der Waals surface area contributed by atoms with Gasteiger partial charge in [0.2, 0.25) is 0 Å². The van der Waals surface area contributed by atoms with Crippen molar-refractivity contribution in [3.05, 3.63) is 283 Å². The SMILES string of the molecule is Brc1cccc(-n2c3ccccc3c3c2ccc2c4ccccc4n(-c4ccccc4)c23)c1.N#Cc1ccc2c(c1)c1cc(C#N)ccc1n2-c1cccc(-n2c3ccccc3c3c2ccc2c4ccccc4n(-c4ccccc4)c23)c1. The molecule has 0 aliphatic heterocycles. The van der Waals surface area contributed by atoms with Crippen LogP contribution in [-0.4, -0.2) is 22.8 Å². The van der Waals surface area contributed by atoms with Crippen molar-refractivity contribution in [1.29, 1.82) is 10.5 Å². The first-order chi connectivity index (χ1) is 40.5. The van der Waals surface area contributed by atoms with Gasteiger partial charge in [-0.1, -0.05) is 149 Å². The summed E-state index contributed by atoms with van der Waals surface area (Å²) in [7, 11) is 0. The summed E-state index contributed by atoms with van der Waals surface area (Å²) in [6.07, 6.45) is 0. The Balaban J connectivity index is 0.000000146. The van der Waals surface area contributed by atoms with Gasteiger partial charge < -0.3 is 22.8 Å². The minimum Gasteiger partial charge on any atom is -0.309 e. The second-order valence-corrected chi connectivity index (χ2v) is 21.7. The van der Waals surface area contributed by atoms with Gasteiger partial charge in [0.1, 0.15) is 0 Å². The molecular weight excluding hydrogens is 1070 g/mol. The Morgan fingerprint density at radius 1 is 0.244 bits per heavy atom. The number of hydrogen-bond acceptors (Lipinski definition) is 2. The summed E-state index contributed by atoms with van der Waals surface area (Å²) in [5.74, 6) is 0. The van der Waals surface area contributed by atoms with Crippen molar-refractivity contribution in [2.24, 2.45) is 0 Å². The number of nitriles is 2. The van der Waals surface area contributed by atoms with Crippen molar-refractivity contribution < 1.29 is 0 Å². The number of nitrogens with zero attached hydrogens (tertiary/aromatic N) is 7. The maximum absolute atomic E-state index is 9.68. The van der Waals surface area contributed by atoms with Crippen LogP contribution in [0, 0.1) is 22.7 Å². The smallest absolute Gasteiger partial charge is 0.0991 e. The predicted molar refractivity (Wildman–Crippen MR) is 342 cm³/mol. The average molecular weight is 1110 g/mol. The maximum Gasteiger partial charge on any atom is 0.0991 e. The summed E-state index contributed by atoms with van der Waals surface area (Å²) >= 11 is 3.66. The third kappa shape index (κ3) is 7.06. The van der Waals surface area contributed by atoms with Crippen LogP contribution in [0.5, 0.6) is 0 Å². The third-order valence-corrected chi connectivity index (χ3v) is 16.9. The van der Waals surface area contributed by atoms with Crippen molar-refractivity contribution >= 4 is 125 Å². The Labute approximate surface area is 478 Å². The molecule has 0 N–H and O–H groups in total. The highest BCUT2D eigenvalue weighted by molar-refractivity contribution is 9.10. The molecule has 0 aliphatic rings. The topological polar surface area (TPSA) is 72.2 Å². The quantitative estimate of drug-likeness (QED) is 0.172. The van der Waals surface area contributed by atoms with E-state index in [1.807, 2.05) is 36.4 Å². The largest absolute Gasteiger partial charge is 0.309 e. The molecule has 0 spiro atoms. The summed E-state index contributed by atoms with van der Waals surface area (Å²) in [5, 5.41) is 31.2. The van der Waals surface area contributed by atoms with E-state index in [1.165, 1.54) is 81.9 Å². The fourth-order valence-electron chi connectivity index (χ4n) is 13.1. The van der Waals surface area contributed by atoms with Crippen LogP contribution in [-0.2, 0) is 0 Å². The molecule has 12 aromatic carbocycles. The van der Waals surface area contributed by atoms with Gasteiger partial charge >= 0.3 is 0 Å². The second kappa shape index (κ2) is 18.6. The Hall–Kier alpha value is -10.9. The molecule has 7 nitrogen and oxygen atoms in total. The van der Waals surface area contributed by atoms with Gasteiger partial charge in [-0.2, -0.15) is 10.5 Å². The summed E-state index contributed by atoms with van der Waals surface area (Å²) in [4.78, 5) is 0. The lowest BCUT2D eigenvalue weighted by molar-refractivity contribution is 1.13. The molecule has 8 heteroatoms. The molecule has 382 valence electrons. The fraction of sp³-hybridized carbons (Fsp3) is 0. The van der Waals surface area contributed by atoms with E-state index >= 15 is 0 Å². The minimum atomic E-state index is 0.590. The van der Waals surface area contributed by atoms with Crippen molar-refractivity contribution in [2.45, 2.75) is 0 Å². The zero-order valence-electron chi connectivity index (χ0n) is 43.9. The first kappa shape index (κ1) is 47.1. The van der Waals surface area contributed by atoms with Gasteiger partial charge in [0.25, 0.3) is 0 Å². The number of benzene rings is 12. The van der Waals surface area contributed by atoms with Gasteiger partial charge in [0.15, 0.2) is 0 Å². The van der Waals surface area contributed by atoms with Crippen LogP contribution in [0.15, 0.2) is 271 Å². The van der Waals surface area contributed by atoms with E-state index in [2.05, 4.69) is 281 Å². The van der Waals surface area contributed by atoms with Crippen LogP contribution in [0.2, 0.25) is 0 Å². The molecule has 17 aromatic rings. The Morgan fingerprint density at radius 3 is 1.02 bits per heavy atom. The molecular formula is C74H44BrN7. The Kier molecular flexibility index (Phi) is 10.7. The predicted octanol–water partition coefficient (Wildman–Crippen LogP) is 19.4. The normalized spacial score (nSPS) is 11.7. The van der Waals surface area contributed by atoms with Gasteiger partial charge in [-0.3, -0.25) is 0 Å². The van der Waals surface area contributed by atoms with E-state index in [0.29, 0.717) is 11.1 Å². The van der Waals surface area contributed by atoms with Crippen molar-refractivity contribution in [1.82, 2.24) is 22.8 Å². The Morgan fingerprint density at radius 2 is 0.585 bits per heavy atom. The fourth-order valence-corrected chi connectivity index (χ4v) is 13.5. The molecule has 0 unspecified atom stereocenters. The van der Waals surface area contributed by atoms with Crippen LogP contribution in [0.25, 0.3) is 137 Å². The molecule has 17 rings (SSSR count). The molecule has 0 amide bonds. The van der Waals surface area contributed by atoms with Gasteiger partial charge in [0, 0.05) is 86.8 Å². The van der Waals surface area contributed by atoms with Crippen LogP contribution < -0.4 is 0 Å². The van der Waals surface area contributed by atoms with Gasteiger partial charge in [-0.05, 0) is 133 Å². The molecule has 0 radical (unpaired) electrons. The van der Waals surface area contributed by atoms with E-state index in [1.54, 1.807) is 0 Å². The second-order valence-electron chi connectivity index (χ2n) is 20.8. The number of para-hydroxylation sites is 6. The maximum atomic E-state index is 9.68. The number of hydrogen-bond donors (Lipinski definition) is 0. The van der Waals surface area contributed by atoms with E-state index in [4.69, 9.17) is 0 Å².